The summed E-state index contributed by atoms with van der Waals surface area (Å²) in [6, 6.07) is 8.50. The fourth-order valence-corrected chi connectivity index (χ4v) is 5.54. The molecule has 0 unspecified atom stereocenters. The van der Waals surface area contributed by atoms with Gasteiger partial charge in [-0.05, 0) is 37.8 Å². The van der Waals surface area contributed by atoms with Crippen LogP contribution in [-0.4, -0.2) is 81.4 Å². The van der Waals surface area contributed by atoms with Gasteiger partial charge < -0.3 is 14.8 Å². The lowest BCUT2D eigenvalue weighted by molar-refractivity contribution is -0.132. The van der Waals surface area contributed by atoms with Gasteiger partial charge in [0.05, 0.1) is 11.0 Å². The molecule has 8 nitrogen and oxygen atoms in total. The zero-order valence-electron chi connectivity index (χ0n) is 18.0. The van der Waals surface area contributed by atoms with E-state index in [1.165, 1.54) is 0 Å². The van der Waals surface area contributed by atoms with E-state index in [1.807, 2.05) is 38.6 Å². The van der Waals surface area contributed by atoms with Crippen LogP contribution in [0, 0.1) is 0 Å². The maximum absolute atomic E-state index is 12.6. The third kappa shape index (κ3) is 4.01. The summed E-state index contributed by atoms with van der Waals surface area (Å²) in [7, 11) is 0. The number of carbonyl (C=O) groups excluding carboxylic acids is 2. The number of benzene rings is 1. The van der Waals surface area contributed by atoms with Crippen molar-refractivity contribution in [2.24, 2.45) is 0 Å². The smallest absolute Gasteiger partial charge is 0.326 e. The van der Waals surface area contributed by atoms with Crippen LogP contribution in [0.2, 0.25) is 0 Å². The lowest BCUT2D eigenvalue weighted by Crippen LogP contribution is -2.44. The van der Waals surface area contributed by atoms with Crippen LogP contribution in [0.25, 0.3) is 11.0 Å². The molecule has 1 atom stereocenters. The van der Waals surface area contributed by atoms with Gasteiger partial charge in [-0.2, -0.15) is 0 Å². The van der Waals surface area contributed by atoms with Crippen molar-refractivity contribution in [3.8, 4) is 0 Å². The summed E-state index contributed by atoms with van der Waals surface area (Å²) in [4.78, 5) is 46.1. The van der Waals surface area contributed by atoms with Gasteiger partial charge in [0.2, 0.25) is 11.8 Å². The number of nitrogens with one attached hydrogen (secondary N) is 1. The lowest BCUT2D eigenvalue weighted by atomic mass is 10.0. The Hall–Kier alpha value is -2.61. The van der Waals surface area contributed by atoms with Crippen molar-refractivity contribution in [3.63, 3.8) is 0 Å². The Morgan fingerprint density at radius 1 is 1.00 bits per heavy atom. The molecule has 4 heterocycles. The number of likely N-dealkylation sites (tertiary alicyclic amines) is 3. The first-order valence-corrected chi connectivity index (χ1v) is 11.6. The van der Waals surface area contributed by atoms with Crippen LogP contribution in [0.4, 0.5) is 0 Å². The molecule has 0 bridgehead atoms. The van der Waals surface area contributed by atoms with E-state index in [1.54, 1.807) is 0 Å². The van der Waals surface area contributed by atoms with Gasteiger partial charge in [0.1, 0.15) is 0 Å². The Morgan fingerprint density at radius 2 is 1.77 bits per heavy atom. The van der Waals surface area contributed by atoms with Gasteiger partial charge in [-0.25, -0.2) is 4.79 Å². The maximum atomic E-state index is 12.6. The van der Waals surface area contributed by atoms with Crippen molar-refractivity contribution in [2.75, 3.05) is 39.3 Å². The molecule has 3 aliphatic rings. The average molecular weight is 426 g/mol. The van der Waals surface area contributed by atoms with Crippen LogP contribution in [-0.2, 0) is 9.59 Å². The molecule has 1 aromatic carbocycles. The number of amides is 2. The second-order valence-electron chi connectivity index (χ2n) is 9.10. The second-order valence-corrected chi connectivity index (χ2v) is 9.10. The van der Waals surface area contributed by atoms with E-state index in [4.69, 9.17) is 0 Å². The third-order valence-electron chi connectivity index (χ3n) is 7.29. The summed E-state index contributed by atoms with van der Waals surface area (Å²) < 4.78 is 1.93. The summed E-state index contributed by atoms with van der Waals surface area (Å²) in [6.07, 6.45) is 4.88. The van der Waals surface area contributed by atoms with E-state index in [9.17, 15) is 14.4 Å². The fraction of sp³-hybridized carbons (Fsp3) is 0.609. The van der Waals surface area contributed by atoms with Crippen LogP contribution in [0.1, 0.15) is 44.6 Å². The maximum Gasteiger partial charge on any atom is 0.326 e. The first-order chi connectivity index (χ1) is 15.1. The minimum atomic E-state index is -0.0197. The number of imidazole rings is 1. The van der Waals surface area contributed by atoms with Crippen LogP contribution >= 0.6 is 0 Å². The number of nitrogens with zero attached hydrogens (tertiary/aromatic N) is 4. The molecule has 3 fully saturated rings. The molecule has 31 heavy (non-hydrogen) atoms. The van der Waals surface area contributed by atoms with Crippen molar-refractivity contribution in [3.05, 3.63) is 34.7 Å². The SMILES string of the molecule is O=C1CCCN1CCC(=O)N1CC[C@H](N2CCC(n3c(=O)[nH]c4ccccc43)CC2)C1. The molecule has 0 spiro atoms. The summed E-state index contributed by atoms with van der Waals surface area (Å²) in [5.41, 5.74) is 1.87. The van der Waals surface area contributed by atoms with Gasteiger partial charge in [-0.1, -0.05) is 12.1 Å². The number of carbonyl (C=O) groups is 2. The average Bonchev–Trinajstić information content (AvgIpc) is 3.50. The zero-order chi connectivity index (χ0) is 21.4. The molecule has 5 rings (SSSR count). The summed E-state index contributed by atoms with van der Waals surface area (Å²) in [5, 5.41) is 0. The standard InChI is InChI=1S/C23H31N5O3/c29-21-6-3-11-26(21)15-10-22(30)27-14-9-18(16-27)25-12-7-17(8-13-25)28-20-5-2-1-4-19(20)24-23(28)31/h1-2,4-5,17-18H,3,6-16H2,(H,24,31)/t18-/m0/s1. The largest absolute Gasteiger partial charge is 0.342 e. The monoisotopic (exact) mass is 425 g/mol. The van der Waals surface area contributed by atoms with Crippen LogP contribution in [0.15, 0.2) is 29.1 Å². The summed E-state index contributed by atoms with van der Waals surface area (Å²) in [5.74, 6) is 0.353. The predicted molar refractivity (Wildman–Crippen MR) is 118 cm³/mol. The molecule has 1 aromatic heterocycles. The van der Waals surface area contributed by atoms with Crippen LogP contribution < -0.4 is 5.69 Å². The number of para-hydroxylation sites is 2. The van der Waals surface area contributed by atoms with E-state index in [2.05, 4.69) is 9.88 Å². The highest BCUT2D eigenvalue weighted by molar-refractivity contribution is 5.80. The number of hydrogen-bond acceptors (Lipinski definition) is 4. The Morgan fingerprint density at radius 3 is 2.55 bits per heavy atom. The Kier molecular flexibility index (Phi) is 5.56. The number of aromatic nitrogens is 2. The first-order valence-electron chi connectivity index (χ1n) is 11.6. The number of hydrogen-bond donors (Lipinski definition) is 1. The highest BCUT2D eigenvalue weighted by atomic mass is 16.2. The third-order valence-corrected chi connectivity index (χ3v) is 7.29. The summed E-state index contributed by atoms with van der Waals surface area (Å²) in [6.45, 7) is 4.84. The highest BCUT2D eigenvalue weighted by Crippen LogP contribution is 2.28. The zero-order valence-corrected chi connectivity index (χ0v) is 18.0. The van der Waals surface area contributed by atoms with E-state index >= 15 is 0 Å². The molecule has 1 N–H and O–H groups in total. The second kappa shape index (κ2) is 8.49. The van der Waals surface area contributed by atoms with E-state index in [0.29, 0.717) is 25.4 Å². The van der Waals surface area contributed by atoms with Gasteiger partial charge in [-0.15, -0.1) is 0 Å². The molecule has 8 heteroatoms. The molecule has 2 aromatic rings. The quantitative estimate of drug-likeness (QED) is 0.789. The van der Waals surface area contributed by atoms with E-state index in [-0.39, 0.29) is 23.5 Å². The molecule has 3 aliphatic heterocycles. The summed E-state index contributed by atoms with van der Waals surface area (Å²) >= 11 is 0. The first kappa shape index (κ1) is 20.3. The predicted octanol–water partition coefficient (Wildman–Crippen LogP) is 1.58. The topological polar surface area (TPSA) is 81.7 Å². The van der Waals surface area contributed by atoms with Gasteiger partial charge in [0.15, 0.2) is 0 Å². The van der Waals surface area contributed by atoms with Crippen molar-refractivity contribution in [1.29, 1.82) is 0 Å². The fourth-order valence-electron chi connectivity index (χ4n) is 5.54. The number of aromatic amines is 1. The Labute approximate surface area is 181 Å². The molecule has 0 radical (unpaired) electrons. The number of rotatable bonds is 5. The van der Waals surface area contributed by atoms with E-state index < -0.39 is 0 Å². The molecule has 0 aliphatic carbocycles. The molecule has 0 saturated carbocycles. The molecule has 3 saturated heterocycles. The van der Waals surface area contributed by atoms with Crippen molar-refractivity contribution < 1.29 is 9.59 Å². The minimum Gasteiger partial charge on any atom is -0.342 e. The molecule has 166 valence electrons. The Bertz CT molecular complexity index is 1020. The minimum absolute atomic E-state index is 0.0197. The van der Waals surface area contributed by atoms with Gasteiger partial charge >= 0.3 is 5.69 Å². The van der Waals surface area contributed by atoms with Crippen LogP contribution in [0.5, 0.6) is 0 Å². The Balaban J connectivity index is 1.14. The van der Waals surface area contributed by atoms with Crippen molar-refractivity contribution in [2.45, 2.75) is 50.6 Å². The molecule has 2 amide bonds. The van der Waals surface area contributed by atoms with Crippen LogP contribution in [0.3, 0.4) is 0 Å². The lowest BCUT2D eigenvalue weighted by Gasteiger charge is -2.36. The van der Waals surface area contributed by atoms with Crippen molar-refractivity contribution in [1.82, 2.24) is 24.3 Å². The molecular formula is C23H31N5O3. The van der Waals surface area contributed by atoms with Gasteiger partial charge in [0.25, 0.3) is 0 Å². The van der Waals surface area contributed by atoms with E-state index in [0.717, 1.165) is 69.4 Å². The van der Waals surface area contributed by atoms with Gasteiger partial charge in [-0.3, -0.25) is 19.1 Å². The van der Waals surface area contributed by atoms with Gasteiger partial charge in [0, 0.05) is 64.2 Å². The highest BCUT2D eigenvalue weighted by Gasteiger charge is 2.33. The van der Waals surface area contributed by atoms with Crippen molar-refractivity contribution >= 4 is 22.8 Å². The normalized spacial score (nSPS) is 23.4. The number of H-pyrrole nitrogens is 1. The number of fused-ring (bicyclic) bond motifs is 1. The molecular weight excluding hydrogens is 394 g/mol. The number of piperidine rings is 1.